The fourth-order valence-electron chi connectivity index (χ4n) is 2.93. The molecule has 1 aliphatic rings. The number of nitrogens with two attached hydrogens (primary N) is 1. The third-order valence-electron chi connectivity index (χ3n) is 3.93. The highest BCUT2D eigenvalue weighted by Crippen LogP contribution is 2.32. The predicted octanol–water partition coefficient (Wildman–Crippen LogP) is 3.06. The summed E-state index contributed by atoms with van der Waals surface area (Å²) in [7, 11) is 0. The van der Waals surface area contributed by atoms with E-state index in [4.69, 9.17) is 5.73 Å². The number of fused-ring (bicyclic) bond motifs is 4. The Morgan fingerprint density at radius 3 is 2.29 bits per heavy atom. The minimum absolute atomic E-state index is 0.357. The Morgan fingerprint density at radius 2 is 1.52 bits per heavy atom. The molecule has 0 spiro atoms. The molecule has 0 atom stereocenters. The van der Waals surface area contributed by atoms with Crippen molar-refractivity contribution in [2.75, 3.05) is 0 Å². The molecule has 3 nitrogen and oxygen atoms in total. The summed E-state index contributed by atoms with van der Waals surface area (Å²) in [5, 5.41) is 4.12. The molecule has 0 saturated heterocycles. The topological polar surface area (TPSA) is 60.2 Å². The minimum Gasteiger partial charge on any atom is -0.398 e. The number of hydrogen-bond donors (Lipinski definition) is 1. The van der Waals surface area contributed by atoms with Crippen LogP contribution in [0.25, 0.3) is 27.2 Å². The van der Waals surface area contributed by atoms with Gasteiger partial charge in [0.15, 0.2) is 0 Å². The van der Waals surface area contributed by atoms with Crippen molar-refractivity contribution < 1.29 is 9.59 Å². The van der Waals surface area contributed by atoms with Crippen molar-refractivity contribution >= 4 is 38.8 Å². The zero-order valence-electron chi connectivity index (χ0n) is 11.1. The molecule has 0 fully saturated rings. The smallest absolute Gasteiger partial charge is 0.233 e. The quantitative estimate of drug-likeness (QED) is 0.506. The van der Waals surface area contributed by atoms with Gasteiger partial charge in [0, 0.05) is 22.9 Å². The molecule has 2 N–H and O–H groups in total. The van der Waals surface area contributed by atoms with E-state index in [1.165, 1.54) is 6.08 Å². The first kappa shape index (κ1) is 11.9. The highest BCUT2D eigenvalue weighted by atomic mass is 16.2. The van der Waals surface area contributed by atoms with Gasteiger partial charge in [0.1, 0.15) is 0 Å². The van der Waals surface area contributed by atoms with Crippen molar-refractivity contribution in [1.82, 2.24) is 0 Å². The van der Waals surface area contributed by atoms with Crippen molar-refractivity contribution in [3.05, 3.63) is 65.7 Å². The molecule has 0 saturated carbocycles. The first-order valence-corrected chi connectivity index (χ1v) is 6.67. The van der Waals surface area contributed by atoms with Gasteiger partial charge in [-0.05, 0) is 39.7 Å². The van der Waals surface area contributed by atoms with Crippen LogP contribution in [0.2, 0.25) is 0 Å². The monoisotopic (exact) mass is 273 g/mol. The van der Waals surface area contributed by atoms with E-state index in [0.717, 1.165) is 21.5 Å². The maximum Gasteiger partial charge on any atom is 0.233 e. The molecule has 3 heteroatoms. The van der Waals surface area contributed by atoms with Crippen molar-refractivity contribution in [1.29, 1.82) is 0 Å². The number of carbonyl (C=O) groups is 2. The molecule has 100 valence electrons. The highest BCUT2D eigenvalue weighted by Gasteiger charge is 2.26. The zero-order valence-corrected chi connectivity index (χ0v) is 11.1. The van der Waals surface area contributed by atoms with Crippen LogP contribution in [-0.4, -0.2) is 11.6 Å². The summed E-state index contributed by atoms with van der Waals surface area (Å²) in [5.74, 6) is -1.05. The van der Waals surface area contributed by atoms with Crippen LogP contribution in [0.1, 0.15) is 15.9 Å². The second kappa shape index (κ2) is 4.03. The Bertz CT molecular complexity index is 983. The lowest BCUT2D eigenvalue weighted by Crippen LogP contribution is -2.21. The summed E-state index contributed by atoms with van der Waals surface area (Å²) < 4.78 is 0. The van der Waals surface area contributed by atoms with Crippen molar-refractivity contribution in [2.45, 2.75) is 0 Å². The molecule has 1 aliphatic carbocycles. The van der Waals surface area contributed by atoms with E-state index < -0.39 is 11.6 Å². The fraction of sp³-hybridized carbons (Fsp3) is 0. The van der Waals surface area contributed by atoms with Crippen LogP contribution < -0.4 is 5.73 Å². The number of carbonyl (C=O) groups excluding carboxylic acids is 2. The third-order valence-corrected chi connectivity index (χ3v) is 3.93. The van der Waals surface area contributed by atoms with Gasteiger partial charge < -0.3 is 5.73 Å². The lowest BCUT2D eigenvalue weighted by atomic mass is 9.88. The van der Waals surface area contributed by atoms with Gasteiger partial charge >= 0.3 is 0 Å². The Hall–Kier alpha value is -2.94. The van der Waals surface area contributed by atoms with Crippen LogP contribution in [-0.2, 0) is 4.79 Å². The van der Waals surface area contributed by atoms with E-state index in [1.807, 2.05) is 36.4 Å². The van der Waals surface area contributed by atoms with E-state index in [1.54, 1.807) is 6.07 Å². The molecule has 3 aromatic rings. The maximum atomic E-state index is 12.0. The Balaban J connectivity index is 2.18. The Morgan fingerprint density at radius 1 is 0.810 bits per heavy atom. The van der Waals surface area contributed by atoms with Gasteiger partial charge in [-0.3, -0.25) is 9.59 Å². The van der Waals surface area contributed by atoms with E-state index in [-0.39, 0.29) is 0 Å². The first-order chi connectivity index (χ1) is 10.1. The number of allylic oxidation sites excluding steroid dienone is 1. The average molecular weight is 273 g/mol. The summed E-state index contributed by atoms with van der Waals surface area (Å²) >= 11 is 0. The van der Waals surface area contributed by atoms with Crippen LogP contribution in [0, 0.1) is 0 Å². The summed E-state index contributed by atoms with van der Waals surface area (Å²) in [6.07, 6.45) is 1.22. The zero-order chi connectivity index (χ0) is 14.6. The molecule has 4 rings (SSSR count). The molecule has 21 heavy (non-hydrogen) atoms. The van der Waals surface area contributed by atoms with Gasteiger partial charge in [-0.2, -0.15) is 0 Å². The molecule has 0 unspecified atom stereocenters. The molecule has 0 aliphatic heterocycles. The number of rotatable bonds is 0. The maximum absolute atomic E-state index is 12.0. The largest absolute Gasteiger partial charge is 0.398 e. The van der Waals surface area contributed by atoms with E-state index in [0.29, 0.717) is 16.8 Å². The number of hydrogen-bond acceptors (Lipinski definition) is 3. The van der Waals surface area contributed by atoms with Crippen molar-refractivity contribution in [3.63, 3.8) is 0 Å². The lowest BCUT2D eigenvalue weighted by molar-refractivity contribution is -0.111. The standard InChI is InChI=1S/C18H11NO2/c19-15-9-16(20)18(21)13-6-5-12-7-10-3-1-2-4-11(10)8-14(12)17(13)15/h1-9H,19H2. The lowest BCUT2D eigenvalue weighted by Gasteiger charge is -2.16. The molecule has 0 amide bonds. The average Bonchev–Trinajstić information content (AvgIpc) is 2.49. The van der Waals surface area contributed by atoms with Crippen LogP contribution >= 0.6 is 0 Å². The Kier molecular flexibility index (Phi) is 2.27. The van der Waals surface area contributed by atoms with Gasteiger partial charge in [0.05, 0.1) is 0 Å². The van der Waals surface area contributed by atoms with E-state index >= 15 is 0 Å². The number of benzene rings is 3. The van der Waals surface area contributed by atoms with E-state index in [9.17, 15) is 9.59 Å². The molecule has 0 aromatic heterocycles. The minimum atomic E-state index is -0.555. The number of ketones is 2. The van der Waals surface area contributed by atoms with Crippen molar-refractivity contribution in [3.8, 4) is 0 Å². The molecule has 3 aromatic carbocycles. The number of Topliss-reactive ketones (excluding diaryl/α,β-unsaturated/α-hetero) is 1. The summed E-state index contributed by atoms with van der Waals surface area (Å²) in [6, 6.07) is 15.7. The second-order valence-electron chi connectivity index (χ2n) is 5.20. The summed E-state index contributed by atoms with van der Waals surface area (Å²) in [5.41, 5.74) is 7.41. The Labute approximate surface area is 120 Å². The van der Waals surface area contributed by atoms with Crippen LogP contribution in [0.3, 0.4) is 0 Å². The third kappa shape index (κ3) is 1.61. The van der Waals surface area contributed by atoms with Crippen LogP contribution in [0.15, 0.2) is 54.6 Å². The molecule has 0 heterocycles. The van der Waals surface area contributed by atoms with Crippen LogP contribution in [0.4, 0.5) is 0 Å². The summed E-state index contributed by atoms with van der Waals surface area (Å²) in [6.45, 7) is 0. The summed E-state index contributed by atoms with van der Waals surface area (Å²) in [4.78, 5) is 23.6. The van der Waals surface area contributed by atoms with Crippen LogP contribution in [0.5, 0.6) is 0 Å². The van der Waals surface area contributed by atoms with Gasteiger partial charge in [0.2, 0.25) is 11.6 Å². The fourth-order valence-corrected chi connectivity index (χ4v) is 2.93. The molecule has 0 bridgehead atoms. The second-order valence-corrected chi connectivity index (χ2v) is 5.20. The van der Waals surface area contributed by atoms with Gasteiger partial charge in [-0.1, -0.05) is 30.3 Å². The molecule has 0 radical (unpaired) electrons. The predicted molar refractivity (Wildman–Crippen MR) is 83.0 cm³/mol. The van der Waals surface area contributed by atoms with Gasteiger partial charge in [-0.25, -0.2) is 0 Å². The van der Waals surface area contributed by atoms with Crippen molar-refractivity contribution in [2.24, 2.45) is 5.73 Å². The van der Waals surface area contributed by atoms with E-state index in [2.05, 4.69) is 6.07 Å². The van der Waals surface area contributed by atoms with Gasteiger partial charge in [-0.15, -0.1) is 0 Å². The SMILES string of the molecule is NC1=CC(=O)C(=O)c2ccc3cc4ccccc4cc3c21. The first-order valence-electron chi connectivity index (χ1n) is 6.67. The molecular formula is C18H11NO2. The molecular weight excluding hydrogens is 262 g/mol. The van der Waals surface area contributed by atoms with Gasteiger partial charge in [0.25, 0.3) is 0 Å². The highest BCUT2D eigenvalue weighted by molar-refractivity contribution is 6.51. The normalized spacial score (nSPS) is 14.4.